The molecule has 2 aliphatic rings. The second-order valence-electron chi connectivity index (χ2n) is 9.34. The van der Waals surface area contributed by atoms with Crippen molar-refractivity contribution in [3.63, 3.8) is 0 Å². The van der Waals surface area contributed by atoms with Gasteiger partial charge in [-0.05, 0) is 60.7 Å². The van der Waals surface area contributed by atoms with Crippen LogP contribution < -0.4 is 19.5 Å². The SMILES string of the molecule is Cc1cccc(OCCN2C(=O)S/C(=C\c3cn(CC(=O)Nc4ccc5c(c4)OCO5)c4ccccc34)C2=O)c1. The zero-order valence-electron chi connectivity index (χ0n) is 21.6. The normalized spacial score (nSPS) is 15.3. The molecule has 6 rings (SSSR count). The van der Waals surface area contributed by atoms with E-state index in [-0.39, 0.29) is 43.5 Å². The number of carbonyl (C=O) groups excluding carboxylic acids is 3. The second kappa shape index (κ2) is 10.8. The van der Waals surface area contributed by atoms with Gasteiger partial charge >= 0.3 is 0 Å². The molecule has 9 nitrogen and oxygen atoms in total. The summed E-state index contributed by atoms with van der Waals surface area (Å²) in [5.41, 5.74) is 3.25. The van der Waals surface area contributed by atoms with Crippen molar-refractivity contribution < 1.29 is 28.6 Å². The van der Waals surface area contributed by atoms with Gasteiger partial charge in [-0.25, -0.2) is 0 Å². The van der Waals surface area contributed by atoms with Crippen molar-refractivity contribution in [1.29, 1.82) is 0 Å². The van der Waals surface area contributed by atoms with Gasteiger partial charge in [0, 0.05) is 34.4 Å². The Morgan fingerprint density at radius 3 is 2.77 bits per heavy atom. The van der Waals surface area contributed by atoms with E-state index in [1.807, 2.05) is 66.2 Å². The maximum Gasteiger partial charge on any atom is 0.293 e. The molecule has 0 radical (unpaired) electrons. The first-order chi connectivity index (χ1) is 19.4. The molecule has 3 aromatic carbocycles. The Morgan fingerprint density at radius 2 is 1.90 bits per heavy atom. The number of hydrogen-bond acceptors (Lipinski definition) is 7. The number of ether oxygens (including phenoxy) is 3. The van der Waals surface area contributed by atoms with E-state index in [9.17, 15) is 14.4 Å². The molecular weight excluding hydrogens is 530 g/mol. The van der Waals surface area contributed by atoms with Crippen LogP contribution in [-0.2, 0) is 16.1 Å². The van der Waals surface area contributed by atoms with Crippen LogP contribution in [-0.4, -0.2) is 46.5 Å². The fourth-order valence-corrected chi connectivity index (χ4v) is 5.50. The van der Waals surface area contributed by atoms with Crippen LogP contribution in [0.15, 0.2) is 77.8 Å². The summed E-state index contributed by atoms with van der Waals surface area (Å²) < 4.78 is 18.3. The predicted octanol–water partition coefficient (Wildman–Crippen LogP) is 5.43. The van der Waals surface area contributed by atoms with Crippen LogP contribution in [0, 0.1) is 6.92 Å². The third-order valence-corrected chi connectivity index (χ3v) is 7.43. The second-order valence-corrected chi connectivity index (χ2v) is 10.3. The number of benzene rings is 3. The van der Waals surface area contributed by atoms with Crippen LogP contribution in [0.3, 0.4) is 0 Å². The minimum absolute atomic E-state index is 0.0561. The van der Waals surface area contributed by atoms with E-state index < -0.39 is 0 Å². The largest absolute Gasteiger partial charge is 0.492 e. The minimum atomic E-state index is -0.361. The van der Waals surface area contributed by atoms with E-state index in [1.165, 1.54) is 4.90 Å². The summed E-state index contributed by atoms with van der Waals surface area (Å²) in [4.78, 5) is 40.2. The van der Waals surface area contributed by atoms with Gasteiger partial charge in [0.25, 0.3) is 11.1 Å². The molecule has 0 atom stereocenters. The number of carbonyl (C=O) groups is 3. The Balaban J connectivity index is 1.16. The molecule has 0 unspecified atom stereocenters. The van der Waals surface area contributed by atoms with Crippen molar-refractivity contribution in [1.82, 2.24) is 9.47 Å². The van der Waals surface area contributed by atoms with E-state index in [0.29, 0.717) is 27.8 Å². The van der Waals surface area contributed by atoms with Crippen LogP contribution in [0.25, 0.3) is 17.0 Å². The van der Waals surface area contributed by atoms with Crippen molar-refractivity contribution in [2.45, 2.75) is 13.5 Å². The molecule has 10 heteroatoms. The molecule has 3 heterocycles. The van der Waals surface area contributed by atoms with Crippen LogP contribution >= 0.6 is 11.8 Å². The number of para-hydroxylation sites is 1. The van der Waals surface area contributed by atoms with E-state index >= 15 is 0 Å². The highest BCUT2D eigenvalue weighted by Gasteiger charge is 2.35. The van der Waals surface area contributed by atoms with Gasteiger partial charge in [0.1, 0.15) is 18.9 Å². The predicted molar refractivity (Wildman–Crippen MR) is 152 cm³/mol. The average Bonchev–Trinajstić information content (AvgIpc) is 3.61. The van der Waals surface area contributed by atoms with Gasteiger partial charge in [0.15, 0.2) is 11.5 Å². The first-order valence-corrected chi connectivity index (χ1v) is 13.5. The van der Waals surface area contributed by atoms with Crippen molar-refractivity contribution in [3.05, 3.63) is 89.0 Å². The molecule has 1 N–H and O–H groups in total. The molecule has 0 aliphatic carbocycles. The topological polar surface area (TPSA) is 99.1 Å². The lowest BCUT2D eigenvalue weighted by atomic mass is 10.1. The Labute approximate surface area is 234 Å². The van der Waals surface area contributed by atoms with Gasteiger partial charge in [0.05, 0.1) is 11.4 Å². The fourth-order valence-electron chi connectivity index (χ4n) is 4.64. The fraction of sp³-hybridized carbons (Fsp3) is 0.167. The Morgan fingerprint density at radius 1 is 1.05 bits per heavy atom. The summed E-state index contributed by atoms with van der Waals surface area (Å²) in [6.45, 7) is 2.54. The van der Waals surface area contributed by atoms with Gasteiger partial charge < -0.3 is 24.1 Å². The van der Waals surface area contributed by atoms with Crippen molar-refractivity contribution in [2.75, 3.05) is 25.3 Å². The summed E-state index contributed by atoms with van der Waals surface area (Å²) in [7, 11) is 0. The number of rotatable bonds is 8. The summed E-state index contributed by atoms with van der Waals surface area (Å²) in [6.07, 6.45) is 3.53. The van der Waals surface area contributed by atoms with Crippen LogP contribution in [0.2, 0.25) is 0 Å². The highest BCUT2D eigenvalue weighted by Crippen LogP contribution is 2.35. The number of hydrogen-bond donors (Lipinski definition) is 1. The summed E-state index contributed by atoms with van der Waals surface area (Å²) >= 11 is 0.901. The third kappa shape index (κ3) is 5.26. The molecular formula is C30H25N3O6S. The van der Waals surface area contributed by atoms with Gasteiger partial charge in [-0.2, -0.15) is 0 Å². The number of anilines is 1. The van der Waals surface area contributed by atoms with Crippen LogP contribution in [0.1, 0.15) is 11.1 Å². The summed E-state index contributed by atoms with van der Waals surface area (Å²) in [5, 5.41) is 3.42. The van der Waals surface area contributed by atoms with E-state index in [0.717, 1.165) is 33.8 Å². The summed E-state index contributed by atoms with van der Waals surface area (Å²) in [6, 6.07) is 20.5. The zero-order chi connectivity index (χ0) is 27.6. The molecule has 3 amide bonds. The summed E-state index contributed by atoms with van der Waals surface area (Å²) in [5.74, 6) is 1.34. The molecule has 1 aromatic heterocycles. The van der Waals surface area contributed by atoms with Crippen molar-refractivity contribution >= 4 is 51.5 Å². The lowest BCUT2D eigenvalue weighted by Crippen LogP contribution is -2.32. The van der Waals surface area contributed by atoms with Crippen molar-refractivity contribution in [2.24, 2.45) is 0 Å². The minimum Gasteiger partial charge on any atom is -0.492 e. The number of aromatic nitrogens is 1. The van der Waals surface area contributed by atoms with Gasteiger partial charge in [0.2, 0.25) is 12.7 Å². The van der Waals surface area contributed by atoms with E-state index in [1.54, 1.807) is 24.3 Å². The smallest absolute Gasteiger partial charge is 0.293 e. The maximum absolute atomic E-state index is 13.1. The number of nitrogens with zero attached hydrogens (tertiary/aromatic N) is 2. The molecule has 1 fully saturated rings. The molecule has 1 saturated heterocycles. The van der Waals surface area contributed by atoms with Crippen LogP contribution in [0.4, 0.5) is 10.5 Å². The number of imide groups is 1. The quantitative estimate of drug-likeness (QED) is 0.289. The first kappa shape index (κ1) is 25.6. The standard InChI is InChI=1S/C30H25N3O6S/c1-19-5-4-6-22(13-19)37-12-11-33-29(35)27(40-30(33)36)14-20-16-32(24-8-3-2-7-23(20)24)17-28(34)31-21-9-10-25-26(15-21)39-18-38-25/h2-10,13-16H,11-12,17-18H2,1H3,(H,31,34)/b27-14-. The van der Waals surface area contributed by atoms with Gasteiger partial charge in [-0.3, -0.25) is 19.3 Å². The first-order valence-electron chi connectivity index (χ1n) is 12.7. The number of nitrogens with one attached hydrogen (secondary N) is 1. The molecule has 202 valence electrons. The Hall–Kier alpha value is -4.70. The highest BCUT2D eigenvalue weighted by atomic mass is 32.2. The lowest BCUT2D eigenvalue weighted by Gasteiger charge is -2.13. The number of fused-ring (bicyclic) bond motifs is 2. The molecule has 0 spiro atoms. The molecule has 0 saturated carbocycles. The molecule has 0 bridgehead atoms. The molecule has 2 aliphatic heterocycles. The average molecular weight is 556 g/mol. The van der Waals surface area contributed by atoms with E-state index in [4.69, 9.17) is 14.2 Å². The maximum atomic E-state index is 13.1. The number of amides is 3. The molecule has 40 heavy (non-hydrogen) atoms. The zero-order valence-corrected chi connectivity index (χ0v) is 22.4. The Kier molecular flexibility index (Phi) is 6.91. The number of aryl methyl sites for hydroxylation is 1. The number of thioether (sulfide) groups is 1. The lowest BCUT2D eigenvalue weighted by molar-refractivity contribution is -0.123. The molecule has 4 aromatic rings. The van der Waals surface area contributed by atoms with Crippen molar-refractivity contribution in [3.8, 4) is 17.2 Å². The monoisotopic (exact) mass is 555 g/mol. The van der Waals surface area contributed by atoms with Gasteiger partial charge in [-0.1, -0.05) is 30.3 Å². The highest BCUT2D eigenvalue weighted by molar-refractivity contribution is 8.18. The van der Waals surface area contributed by atoms with E-state index in [2.05, 4.69) is 5.32 Å². The van der Waals surface area contributed by atoms with Gasteiger partial charge in [-0.15, -0.1) is 0 Å². The van der Waals surface area contributed by atoms with Crippen LogP contribution in [0.5, 0.6) is 17.2 Å². The third-order valence-electron chi connectivity index (χ3n) is 6.52. The Bertz CT molecular complexity index is 1680.